The largest absolute Gasteiger partial charge is 0.478 e. The van der Waals surface area contributed by atoms with Crippen LogP contribution in [0.5, 0.6) is 0 Å². The van der Waals surface area contributed by atoms with Gasteiger partial charge in [0.15, 0.2) is 0 Å². The SMILES string of the molecule is CC1CCCC1Nc1cc(C(=O)O)c(F)cc1[N+](=O)[O-]. The van der Waals surface area contributed by atoms with Gasteiger partial charge in [0.1, 0.15) is 11.5 Å². The number of nitro benzene ring substituents is 1. The molecule has 2 atom stereocenters. The third kappa shape index (κ3) is 2.71. The summed E-state index contributed by atoms with van der Waals surface area (Å²) >= 11 is 0. The van der Waals surface area contributed by atoms with Crippen LogP contribution in [-0.2, 0) is 0 Å². The number of hydrogen-bond donors (Lipinski definition) is 2. The third-order valence-corrected chi connectivity index (χ3v) is 3.71. The van der Waals surface area contributed by atoms with Gasteiger partial charge < -0.3 is 10.4 Å². The molecule has 1 aliphatic carbocycles. The van der Waals surface area contributed by atoms with E-state index in [4.69, 9.17) is 5.11 Å². The maximum Gasteiger partial charge on any atom is 0.338 e. The van der Waals surface area contributed by atoms with Gasteiger partial charge in [0, 0.05) is 6.04 Å². The van der Waals surface area contributed by atoms with E-state index < -0.39 is 28.0 Å². The second kappa shape index (κ2) is 5.44. The molecule has 0 aliphatic heterocycles. The second-order valence-electron chi connectivity index (χ2n) is 5.07. The predicted octanol–water partition coefficient (Wildman–Crippen LogP) is 3.03. The Morgan fingerprint density at radius 1 is 1.50 bits per heavy atom. The van der Waals surface area contributed by atoms with Gasteiger partial charge in [0.05, 0.1) is 16.6 Å². The Hall–Kier alpha value is -2.18. The molecule has 1 aliphatic rings. The lowest BCUT2D eigenvalue weighted by molar-refractivity contribution is -0.384. The van der Waals surface area contributed by atoms with Crippen molar-refractivity contribution in [1.29, 1.82) is 0 Å². The van der Waals surface area contributed by atoms with Crippen molar-refractivity contribution in [2.24, 2.45) is 5.92 Å². The predicted molar refractivity (Wildman–Crippen MR) is 70.4 cm³/mol. The minimum Gasteiger partial charge on any atom is -0.478 e. The molecule has 0 amide bonds. The number of hydrogen-bond acceptors (Lipinski definition) is 4. The maximum absolute atomic E-state index is 13.5. The van der Waals surface area contributed by atoms with Crippen molar-refractivity contribution in [3.63, 3.8) is 0 Å². The summed E-state index contributed by atoms with van der Waals surface area (Å²) in [5.41, 5.74) is -0.942. The van der Waals surface area contributed by atoms with Crippen molar-refractivity contribution < 1.29 is 19.2 Å². The van der Waals surface area contributed by atoms with Gasteiger partial charge in [0.25, 0.3) is 5.69 Å². The summed E-state index contributed by atoms with van der Waals surface area (Å²) < 4.78 is 13.5. The smallest absolute Gasteiger partial charge is 0.338 e. The number of carboxylic acids is 1. The Morgan fingerprint density at radius 3 is 2.70 bits per heavy atom. The van der Waals surface area contributed by atoms with Crippen LogP contribution in [0.4, 0.5) is 15.8 Å². The van der Waals surface area contributed by atoms with Crippen molar-refractivity contribution in [1.82, 2.24) is 0 Å². The van der Waals surface area contributed by atoms with Crippen LogP contribution in [0.25, 0.3) is 0 Å². The van der Waals surface area contributed by atoms with Crippen LogP contribution in [0.15, 0.2) is 12.1 Å². The highest BCUT2D eigenvalue weighted by atomic mass is 19.1. The van der Waals surface area contributed by atoms with E-state index in [2.05, 4.69) is 5.32 Å². The van der Waals surface area contributed by atoms with Crippen LogP contribution in [-0.4, -0.2) is 22.0 Å². The summed E-state index contributed by atoms with van der Waals surface area (Å²) in [6.07, 6.45) is 2.89. The molecular formula is C13H15FN2O4. The van der Waals surface area contributed by atoms with Crippen molar-refractivity contribution in [2.75, 3.05) is 5.32 Å². The molecule has 0 saturated heterocycles. The van der Waals surface area contributed by atoms with E-state index in [-0.39, 0.29) is 11.7 Å². The van der Waals surface area contributed by atoms with Gasteiger partial charge in [-0.05, 0) is 24.8 Å². The lowest BCUT2D eigenvalue weighted by atomic mass is 10.1. The van der Waals surface area contributed by atoms with Crippen LogP contribution in [0.2, 0.25) is 0 Å². The molecule has 0 bridgehead atoms. The van der Waals surface area contributed by atoms with Crippen molar-refractivity contribution in [3.8, 4) is 0 Å². The summed E-state index contributed by atoms with van der Waals surface area (Å²) in [5.74, 6) is -2.21. The first-order valence-electron chi connectivity index (χ1n) is 6.38. The zero-order valence-electron chi connectivity index (χ0n) is 10.9. The van der Waals surface area contributed by atoms with E-state index in [1.54, 1.807) is 0 Å². The molecule has 0 spiro atoms. The highest BCUT2D eigenvalue weighted by molar-refractivity contribution is 5.90. The van der Waals surface area contributed by atoms with Crippen LogP contribution in [0.3, 0.4) is 0 Å². The quantitative estimate of drug-likeness (QED) is 0.654. The van der Waals surface area contributed by atoms with Gasteiger partial charge in [-0.25, -0.2) is 9.18 Å². The zero-order chi connectivity index (χ0) is 14.9. The Labute approximate surface area is 114 Å². The molecule has 108 valence electrons. The molecule has 1 fully saturated rings. The highest BCUT2D eigenvalue weighted by Crippen LogP contribution is 2.33. The molecule has 2 N–H and O–H groups in total. The second-order valence-corrected chi connectivity index (χ2v) is 5.07. The molecule has 7 heteroatoms. The molecule has 1 aromatic rings. The van der Waals surface area contributed by atoms with E-state index in [1.807, 2.05) is 6.92 Å². The van der Waals surface area contributed by atoms with E-state index >= 15 is 0 Å². The number of rotatable bonds is 4. The number of carbonyl (C=O) groups is 1. The first-order chi connectivity index (χ1) is 9.40. The minimum atomic E-state index is -1.44. The number of halogens is 1. The average molecular weight is 282 g/mol. The lowest BCUT2D eigenvalue weighted by Crippen LogP contribution is -2.22. The molecule has 0 radical (unpaired) electrons. The van der Waals surface area contributed by atoms with Crippen molar-refractivity contribution in [2.45, 2.75) is 32.2 Å². The fourth-order valence-electron chi connectivity index (χ4n) is 2.55. The maximum atomic E-state index is 13.5. The van der Waals surface area contributed by atoms with Crippen molar-refractivity contribution in [3.05, 3.63) is 33.6 Å². The Kier molecular flexibility index (Phi) is 3.87. The average Bonchev–Trinajstić information content (AvgIpc) is 2.76. The van der Waals surface area contributed by atoms with E-state index in [0.29, 0.717) is 12.0 Å². The minimum absolute atomic E-state index is 0.0424. The number of nitrogens with zero attached hydrogens (tertiary/aromatic N) is 1. The fraction of sp³-hybridized carbons (Fsp3) is 0.462. The van der Waals surface area contributed by atoms with E-state index in [9.17, 15) is 19.3 Å². The first-order valence-corrected chi connectivity index (χ1v) is 6.38. The van der Waals surface area contributed by atoms with E-state index in [1.165, 1.54) is 0 Å². The van der Waals surface area contributed by atoms with Crippen molar-refractivity contribution >= 4 is 17.3 Å². The Bertz CT molecular complexity index is 562. The molecule has 6 nitrogen and oxygen atoms in total. The summed E-state index contributed by atoms with van der Waals surface area (Å²) in [5, 5.41) is 22.8. The summed E-state index contributed by atoms with van der Waals surface area (Å²) in [4.78, 5) is 21.2. The molecule has 2 unspecified atom stereocenters. The molecule has 0 heterocycles. The zero-order valence-corrected chi connectivity index (χ0v) is 10.9. The van der Waals surface area contributed by atoms with Gasteiger partial charge in [-0.1, -0.05) is 13.3 Å². The number of benzene rings is 1. The third-order valence-electron chi connectivity index (χ3n) is 3.71. The van der Waals surface area contributed by atoms with Crippen LogP contribution in [0, 0.1) is 21.8 Å². The van der Waals surface area contributed by atoms with E-state index in [0.717, 1.165) is 25.3 Å². The first kappa shape index (κ1) is 14.2. The normalized spacial score (nSPS) is 21.7. The molecule has 1 saturated carbocycles. The topological polar surface area (TPSA) is 92.5 Å². The highest BCUT2D eigenvalue weighted by Gasteiger charge is 2.27. The Balaban J connectivity index is 2.40. The number of aromatic carboxylic acids is 1. The molecule has 2 rings (SSSR count). The molecular weight excluding hydrogens is 267 g/mol. The fourth-order valence-corrected chi connectivity index (χ4v) is 2.55. The summed E-state index contributed by atoms with van der Waals surface area (Å²) in [6.45, 7) is 2.03. The standard InChI is InChI=1S/C13H15FN2O4/c1-7-3-2-4-10(7)15-11-5-8(13(17)18)9(14)6-12(11)16(19)20/h5-7,10,15H,2-4H2,1H3,(H,17,18). The van der Waals surface area contributed by atoms with Gasteiger partial charge in [-0.3, -0.25) is 10.1 Å². The van der Waals surface area contributed by atoms with Gasteiger partial charge in [-0.15, -0.1) is 0 Å². The number of anilines is 1. The monoisotopic (exact) mass is 282 g/mol. The lowest BCUT2D eigenvalue weighted by Gasteiger charge is -2.19. The van der Waals surface area contributed by atoms with Gasteiger partial charge >= 0.3 is 5.97 Å². The number of carboxylic acid groups (broad SMARTS) is 1. The molecule has 1 aromatic carbocycles. The van der Waals surface area contributed by atoms with Gasteiger partial charge in [-0.2, -0.15) is 0 Å². The number of nitro groups is 1. The summed E-state index contributed by atoms with van der Waals surface area (Å²) in [7, 11) is 0. The van der Waals surface area contributed by atoms with Gasteiger partial charge in [0.2, 0.25) is 0 Å². The molecule has 0 aromatic heterocycles. The number of nitrogens with one attached hydrogen (secondary N) is 1. The Morgan fingerprint density at radius 2 is 2.20 bits per heavy atom. The van der Waals surface area contributed by atoms with Crippen LogP contribution in [0.1, 0.15) is 36.5 Å². The molecule has 20 heavy (non-hydrogen) atoms. The summed E-state index contributed by atoms with van der Waals surface area (Å²) in [6, 6.07) is 1.70. The van der Waals surface area contributed by atoms with Crippen LogP contribution < -0.4 is 5.32 Å². The van der Waals surface area contributed by atoms with Crippen LogP contribution >= 0.6 is 0 Å².